The summed E-state index contributed by atoms with van der Waals surface area (Å²) in [5.41, 5.74) is 4.03. The summed E-state index contributed by atoms with van der Waals surface area (Å²) in [6, 6.07) is 18.0. The fourth-order valence-electron chi connectivity index (χ4n) is 2.47. The summed E-state index contributed by atoms with van der Waals surface area (Å²) in [5.74, 6) is 0. The summed E-state index contributed by atoms with van der Waals surface area (Å²) in [5, 5.41) is 8.78. The van der Waals surface area contributed by atoms with Crippen LogP contribution in [0.2, 0.25) is 0 Å². The first kappa shape index (κ1) is 17.0. The van der Waals surface area contributed by atoms with Gasteiger partial charge in [-0.3, -0.25) is 4.99 Å². The summed E-state index contributed by atoms with van der Waals surface area (Å²) in [6.07, 6.45) is 9.64. The highest BCUT2D eigenvalue weighted by molar-refractivity contribution is 5.81. The molecule has 0 spiro atoms. The number of hydrogen-bond donors (Lipinski definition) is 0. The first-order chi connectivity index (χ1) is 11.3. The van der Waals surface area contributed by atoms with Crippen LogP contribution in [0.15, 0.2) is 53.5 Å². The van der Waals surface area contributed by atoms with Gasteiger partial charge in [-0.15, -0.1) is 0 Å². The molecule has 0 atom stereocenters. The van der Waals surface area contributed by atoms with Crippen LogP contribution in [-0.4, -0.2) is 6.21 Å². The molecule has 23 heavy (non-hydrogen) atoms. The van der Waals surface area contributed by atoms with E-state index in [4.69, 9.17) is 5.26 Å². The molecule has 0 fully saturated rings. The molecule has 0 heterocycles. The summed E-state index contributed by atoms with van der Waals surface area (Å²) < 4.78 is 0. The maximum absolute atomic E-state index is 8.78. The molecule has 2 heteroatoms. The lowest BCUT2D eigenvalue weighted by Crippen LogP contribution is -1.88. The maximum atomic E-state index is 8.78. The number of hydrogen-bond acceptors (Lipinski definition) is 2. The molecule has 0 aliphatic heterocycles. The van der Waals surface area contributed by atoms with Crippen molar-refractivity contribution in [3.8, 4) is 6.07 Å². The van der Waals surface area contributed by atoms with Crippen LogP contribution >= 0.6 is 0 Å². The Morgan fingerprint density at radius 3 is 2.26 bits per heavy atom. The van der Waals surface area contributed by atoms with E-state index in [-0.39, 0.29) is 0 Å². The lowest BCUT2D eigenvalue weighted by molar-refractivity contribution is 0.632. The topological polar surface area (TPSA) is 36.1 Å². The van der Waals surface area contributed by atoms with Crippen molar-refractivity contribution in [2.24, 2.45) is 4.99 Å². The van der Waals surface area contributed by atoms with Crippen molar-refractivity contribution < 1.29 is 0 Å². The van der Waals surface area contributed by atoms with Crippen LogP contribution < -0.4 is 0 Å². The largest absolute Gasteiger partial charge is 0.256 e. The third-order valence-electron chi connectivity index (χ3n) is 3.91. The zero-order chi connectivity index (χ0) is 16.3. The molecular formula is C21H24N2. The van der Waals surface area contributed by atoms with Gasteiger partial charge >= 0.3 is 0 Å². The average molecular weight is 304 g/mol. The van der Waals surface area contributed by atoms with Gasteiger partial charge in [-0.25, -0.2) is 0 Å². The molecule has 0 amide bonds. The lowest BCUT2D eigenvalue weighted by Gasteiger charge is -2.02. The highest BCUT2D eigenvalue weighted by atomic mass is 14.7. The molecule has 0 aromatic heterocycles. The minimum absolute atomic E-state index is 0.659. The molecule has 0 saturated heterocycles. The Morgan fingerprint density at radius 1 is 0.913 bits per heavy atom. The Labute approximate surface area is 139 Å². The van der Waals surface area contributed by atoms with Crippen molar-refractivity contribution >= 4 is 11.9 Å². The second-order valence-corrected chi connectivity index (χ2v) is 5.82. The predicted molar refractivity (Wildman–Crippen MR) is 97.3 cm³/mol. The Morgan fingerprint density at radius 2 is 1.61 bits per heavy atom. The molecule has 0 N–H and O–H groups in total. The van der Waals surface area contributed by atoms with Gasteiger partial charge in [-0.2, -0.15) is 5.26 Å². The van der Waals surface area contributed by atoms with Crippen LogP contribution in [0.3, 0.4) is 0 Å². The first-order valence-corrected chi connectivity index (χ1v) is 8.45. The molecule has 0 aliphatic rings. The minimum Gasteiger partial charge on any atom is -0.256 e. The summed E-state index contributed by atoms with van der Waals surface area (Å²) >= 11 is 0. The van der Waals surface area contributed by atoms with E-state index < -0.39 is 0 Å². The molecule has 0 aliphatic carbocycles. The fourth-order valence-corrected chi connectivity index (χ4v) is 2.47. The van der Waals surface area contributed by atoms with Crippen LogP contribution in [0.25, 0.3) is 0 Å². The van der Waals surface area contributed by atoms with Gasteiger partial charge in [0.2, 0.25) is 0 Å². The average Bonchev–Trinajstić information content (AvgIpc) is 2.61. The Hall–Kier alpha value is -2.40. The third-order valence-corrected chi connectivity index (χ3v) is 3.91. The van der Waals surface area contributed by atoms with E-state index in [0.29, 0.717) is 5.56 Å². The number of nitriles is 1. The number of aliphatic imine (C=N–C) groups is 1. The molecule has 2 aromatic carbocycles. The van der Waals surface area contributed by atoms with Crippen LogP contribution in [0, 0.1) is 11.3 Å². The molecule has 0 bridgehead atoms. The molecule has 2 rings (SSSR count). The van der Waals surface area contributed by atoms with Crippen LogP contribution in [-0.2, 0) is 6.42 Å². The molecule has 2 nitrogen and oxygen atoms in total. The van der Waals surface area contributed by atoms with Crippen molar-refractivity contribution in [1.29, 1.82) is 5.26 Å². The number of nitrogens with zero attached hydrogens (tertiary/aromatic N) is 2. The number of aryl methyl sites for hydroxylation is 1. The monoisotopic (exact) mass is 304 g/mol. The molecule has 118 valence electrons. The quantitative estimate of drug-likeness (QED) is 0.447. The SMILES string of the molecule is CCCCCCCc1ccc(C=Nc2ccc(C#N)cc2)cc1. The van der Waals surface area contributed by atoms with Gasteiger partial charge in [-0.05, 0) is 48.2 Å². The fraction of sp³-hybridized carbons (Fsp3) is 0.333. The van der Waals surface area contributed by atoms with Crippen LogP contribution in [0.4, 0.5) is 5.69 Å². The zero-order valence-electron chi connectivity index (χ0n) is 13.8. The number of unbranched alkanes of at least 4 members (excludes halogenated alkanes) is 4. The van der Waals surface area contributed by atoms with Gasteiger partial charge < -0.3 is 0 Å². The van der Waals surface area contributed by atoms with Crippen LogP contribution in [0.5, 0.6) is 0 Å². The van der Waals surface area contributed by atoms with Crippen molar-refractivity contribution in [2.75, 3.05) is 0 Å². The lowest BCUT2D eigenvalue weighted by atomic mass is 10.0. The summed E-state index contributed by atoms with van der Waals surface area (Å²) in [7, 11) is 0. The highest BCUT2D eigenvalue weighted by Gasteiger charge is 1.95. The molecule has 0 saturated carbocycles. The van der Waals surface area contributed by atoms with Gasteiger partial charge in [0.05, 0.1) is 17.3 Å². The van der Waals surface area contributed by atoms with E-state index in [1.807, 2.05) is 18.3 Å². The van der Waals surface area contributed by atoms with Crippen molar-refractivity contribution in [3.63, 3.8) is 0 Å². The molecular weight excluding hydrogens is 280 g/mol. The van der Waals surface area contributed by atoms with Gasteiger partial charge in [0.25, 0.3) is 0 Å². The second kappa shape index (κ2) is 9.58. The molecule has 0 unspecified atom stereocenters. The van der Waals surface area contributed by atoms with Gasteiger partial charge in [0.1, 0.15) is 0 Å². The maximum Gasteiger partial charge on any atom is 0.0991 e. The van der Waals surface area contributed by atoms with E-state index in [1.54, 1.807) is 12.1 Å². The Balaban J connectivity index is 1.84. The Bertz CT molecular complexity index is 646. The van der Waals surface area contributed by atoms with E-state index in [9.17, 15) is 0 Å². The van der Waals surface area contributed by atoms with Gasteiger partial charge in [-0.1, -0.05) is 56.9 Å². The van der Waals surface area contributed by atoms with Crippen molar-refractivity contribution in [1.82, 2.24) is 0 Å². The molecule has 0 radical (unpaired) electrons. The molecule has 2 aromatic rings. The van der Waals surface area contributed by atoms with Crippen LogP contribution in [0.1, 0.15) is 55.7 Å². The first-order valence-electron chi connectivity index (χ1n) is 8.45. The Kier molecular flexibility index (Phi) is 7.07. The van der Waals surface area contributed by atoms with Gasteiger partial charge in [0, 0.05) is 6.21 Å². The summed E-state index contributed by atoms with van der Waals surface area (Å²) in [4.78, 5) is 4.44. The van der Waals surface area contributed by atoms with Crippen molar-refractivity contribution in [3.05, 3.63) is 65.2 Å². The minimum atomic E-state index is 0.659. The summed E-state index contributed by atoms with van der Waals surface area (Å²) in [6.45, 7) is 2.25. The third kappa shape index (κ3) is 6.08. The predicted octanol–water partition coefficient (Wildman–Crippen LogP) is 5.82. The van der Waals surface area contributed by atoms with E-state index in [2.05, 4.69) is 42.3 Å². The zero-order valence-corrected chi connectivity index (χ0v) is 13.8. The van der Waals surface area contributed by atoms with E-state index in [0.717, 1.165) is 17.7 Å². The smallest absolute Gasteiger partial charge is 0.0991 e. The normalized spacial score (nSPS) is 10.8. The van der Waals surface area contributed by atoms with Crippen molar-refractivity contribution in [2.45, 2.75) is 45.4 Å². The number of rotatable bonds is 8. The second-order valence-electron chi connectivity index (χ2n) is 5.82. The van der Waals surface area contributed by atoms with E-state index in [1.165, 1.54) is 37.7 Å². The number of benzene rings is 2. The van der Waals surface area contributed by atoms with Gasteiger partial charge in [0.15, 0.2) is 0 Å². The standard InChI is InChI=1S/C21H24N2/c1-2-3-4-5-6-7-18-8-10-20(11-9-18)17-23-21-14-12-19(16-22)13-15-21/h8-15,17H,2-7H2,1H3. The van der Waals surface area contributed by atoms with E-state index >= 15 is 0 Å². The highest BCUT2D eigenvalue weighted by Crippen LogP contribution is 2.13.